The van der Waals surface area contributed by atoms with Gasteiger partial charge in [-0.1, -0.05) is 31.9 Å². The number of carboxylic acid groups (broad SMARTS) is 1. The van der Waals surface area contributed by atoms with Crippen LogP contribution in [0.25, 0.3) is 0 Å². The smallest absolute Gasteiger partial charge is 0.321 e. The standard InChI is InChI=1S/C14H20N2O6S/c1-2-3-4-13(14(17)18)15-23(21,22)10-9-11-5-7-12(8-6-11)16(19)20/h5-8,13,15H,2-4,9-10H2,1H3,(H,17,18)/t13-/m0/s1. The van der Waals surface area contributed by atoms with Gasteiger partial charge in [0.15, 0.2) is 0 Å². The molecule has 23 heavy (non-hydrogen) atoms. The summed E-state index contributed by atoms with van der Waals surface area (Å²) >= 11 is 0. The van der Waals surface area contributed by atoms with Gasteiger partial charge in [0.25, 0.3) is 5.69 Å². The third-order valence-electron chi connectivity index (χ3n) is 3.27. The largest absolute Gasteiger partial charge is 0.480 e. The fourth-order valence-electron chi connectivity index (χ4n) is 1.95. The number of sulfonamides is 1. The molecule has 0 heterocycles. The van der Waals surface area contributed by atoms with E-state index in [0.717, 1.165) is 6.42 Å². The summed E-state index contributed by atoms with van der Waals surface area (Å²) in [5.41, 5.74) is 0.557. The van der Waals surface area contributed by atoms with Crippen molar-refractivity contribution < 1.29 is 23.2 Å². The van der Waals surface area contributed by atoms with Gasteiger partial charge in [-0.05, 0) is 18.4 Å². The monoisotopic (exact) mass is 344 g/mol. The molecule has 0 aliphatic rings. The zero-order chi connectivity index (χ0) is 17.5. The van der Waals surface area contributed by atoms with Crippen molar-refractivity contribution in [3.63, 3.8) is 0 Å². The van der Waals surface area contributed by atoms with E-state index < -0.39 is 27.0 Å². The Morgan fingerprint density at radius 2 is 1.96 bits per heavy atom. The second-order valence-electron chi connectivity index (χ2n) is 5.14. The molecule has 128 valence electrons. The van der Waals surface area contributed by atoms with E-state index in [-0.39, 0.29) is 24.3 Å². The second-order valence-corrected chi connectivity index (χ2v) is 7.02. The number of nitrogens with one attached hydrogen (secondary N) is 1. The minimum atomic E-state index is -3.75. The predicted octanol–water partition coefficient (Wildman–Crippen LogP) is 1.70. The van der Waals surface area contributed by atoms with Crippen LogP contribution in [0.15, 0.2) is 24.3 Å². The van der Waals surface area contributed by atoms with Crippen LogP contribution in [0.4, 0.5) is 5.69 Å². The Balaban J connectivity index is 2.63. The van der Waals surface area contributed by atoms with E-state index >= 15 is 0 Å². The first-order valence-corrected chi connectivity index (χ1v) is 8.86. The van der Waals surface area contributed by atoms with Gasteiger partial charge in [-0.2, -0.15) is 0 Å². The number of hydrogen-bond acceptors (Lipinski definition) is 5. The van der Waals surface area contributed by atoms with E-state index in [1.54, 1.807) is 0 Å². The molecule has 0 saturated carbocycles. The number of carboxylic acids is 1. The molecular formula is C14H20N2O6S. The maximum Gasteiger partial charge on any atom is 0.321 e. The second kappa shape index (κ2) is 8.59. The summed E-state index contributed by atoms with van der Waals surface area (Å²) in [5, 5.41) is 19.6. The number of unbranched alkanes of at least 4 members (excludes halogenated alkanes) is 1. The van der Waals surface area contributed by atoms with Crippen molar-refractivity contribution in [1.82, 2.24) is 4.72 Å². The summed E-state index contributed by atoms with van der Waals surface area (Å²) in [5.74, 6) is -1.47. The molecule has 0 spiro atoms. The molecule has 1 aromatic carbocycles. The molecule has 1 aromatic rings. The van der Waals surface area contributed by atoms with Gasteiger partial charge >= 0.3 is 5.97 Å². The van der Waals surface area contributed by atoms with Crippen LogP contribution >= 0.6 is 0 Å². The number of nitro groups is 1. The number of nitro benzene ring substituents is 1. The van der Waals surface area contributed by atoms with Crippen LogP contribution in [0.5, 0.6) is 0 Å². The molecule has 1 rings (SSSR count). The lowest BCUT2D eigenvalue weighted by molar-refractivity contribution is -0.384. The van der Waals surface area contributed by atoms with Gasteiger partial charge in [-0.15, -0.1) is 0 Å². The van der Waals surface area contributed by atoms with E-state index in [2.05, 4.69) is 4.72 Å². The molecule has 0 amide bonds. The van der Waals surface area contributed by atoms with Gasteiger partial charge in [0.2, 0.25) is 10.0 Å². The summed E-state index contributed by atoms with van der Waals surface area (Å²) in [7, 11) is -3.75. The van der Waals surface area contributed by atoms with Gasteiger partial charge < -0.3 is 5.11 Å². The first kappa shape index (κ1) is 19.0. The average molecular weight is 344 g/mol. The molecule has 0 aliphatic carbocycles. The molecule has 0 saturated heterocycles. The third-order valence-corrected chi connectivity index (χ3v) is 4.66. The zero-order valence-electron chi connectivity index (χ0n) is 12.8. The summed E-state index contributed by atoms with van der Waals surface area (Å²) < 4.78 is 26.1. The SMILES string of the molecule is CCCC[C@H](NS(=O)(=O)CCc1ccc([N+](=O)[O-])cc1)C(=O)O. The van der Waals surface area contributed by atoms with Gasteiger partial charge in [0.1, 0.15) is 6.04 Å². The zero-order valence-corrected chi connectivity index (χ0v) is 13.6. The highest BCUT2D eigenvalue weighted by Crippen LogP contribution is 2.13. The lowest BCUT2D eigenvalue weighted by Crippen LogP contribution is -2.42. The van der Waals surface area contributed by atoms with Crippen LogP contribution in [0, 0.1) is 10.1 Å². The lowest BCUT2D eigenvalue weighted by Gasteiger charge is -2.14. The summed E-state index contributed by atoms with van der Waals surface area (Å²) in [4.78, 5) is 21.1. The molecule has 0 bridgehead atoms. The van der Waals surface area contributed by atoms with Crippen LogP contribution in [0.1, 0.15) is 31.7 Å². The highest BCUT2D eigenvalue weighted by molar-refractivity contribution is 7.89. The van der Waals surface area contributed by atoms with E-state index in [0.29, 0.717) is 12.0 Å². The molecular weight excluding hydrogens is 324 g/mol. The molecule has 9 heteroatoms. The highest BCUT2D eigenvalue weighted by Gasteiger charge is 2.23. The summed E-state index contributed by atoms with van der Waals surface area (Å²) in [6.45, 7) is 1.89. The van der Waals surface area contributed by atoms with Crippen molar-refractivity contribution in [2.45, 2.75) is 38.6 Å². The van der Waals surface area contributed by atoms with Crippen molar-refractivity contribution in [1.29, 1.82) is 0 Å². The molecule has 0 radical (unpaired) electrons. The van der Waals surface area contributed by atoms with Gasteiger partial charge in [-0.25, -0.2) is 13.1 Å². The van der Waals surface area contributed by atoms with Crippen LogP contribution in [0.3, 0.4) is 0 Å². The first-order chi connectivity index (χ1) is 10.7. The van der Waals surface area contributed by atoms with E-state index in [4.69, 9.17) is 5.11 Å². The van der Waals surface area contributed by atoms with Crippen LogP contribution in [-0.2, 0) is 21.2 Å². The van der Waals surface area contributed by atoms with Gasteiger partial charge in [0.05, 0.1) is 10.7 Å². The number of nitrogens with zero attached hydrogens (tertiary/aromatic N) is 1. The van der Waals surface area contributed by atoms with Crippen molar-refractivity contribution >= 4 is 21.7 Å². The fourth-order valence-corrected chi connectivity index (χ4v) is 3.23. The number of aliphatic carboxylic acids is 1. The van der Waals surface area contributed by atoms with Crippen LogP contribution < -0.4 is 4.72 Å². The van der Waals surface area contributed by atoms with E-state index in [1.807, 2.05) is 6.92 Å². The lowest BCUT2D eigenvalue weighted by atomic mass is 10.1. The average Bonchev–Trinajstić information content (AvgIpc) is 2.49. The molecule has 2 N–H and O–H groups in total. The van der Waals surface area contributed by atoms with Crippen molar-refractivity contribution in [2.24, 2.45) is 0 Å². The Bertz CT molecular complexity index is 642. The summed E-state index contributed by atoms with van der Waals surface area (Å²) in [6.07, 6.45) is 1.77. The molecule has 0 aliphatic heterocycles. The molecule has 0 aromatic heterocycles. The van der Waals surface area contributed by atoms with E-state index in [9.17, 15) is 23.3 Å². The minimum Gasteiger partial charge on any atom is -0.480 e. The Kier molecular flexibility index (Phi) is 7.11. The van der Waals surface area contributed by atoms with Crippen LogP contribution in [0.2, 0.25) is 0 Å². The predicted molar refractivity (Wildman–Crippen MR) is 84.7 cm³/mol. The molecule has 8 nitrogen and oxygen atoms in total. The minimum absolute atomic E-state index is 0.0692. The Morgan fingerprint density at radius 1 is 1.35 bits per heavy atom. The summed E-state index contributed by atoms with van der Waals surface area (Å²) in [6, 6.07) is 4.45. The Hall–Kier alpha value is -2.00. The van der Waals surface area contributed by atoms with Crippen molar-refractivity contribution in [3.8, 4) is 0 Å². The molecule has 0 fully saturated rings. The molecule has 1 atom stereocenters. The maximum absolute atomic E-state index is 12.0. The van der Waals surface area contributed by atoms with Gasteiger partial charge in [0, 0.05) is 12.1 Å². The number of carbonyl (C=O) groups is 1. The quantitative estimate of drug-likeness (QED) is 0.491. The normalized spacial score (nSPS) is 12.7. The van der Waals surface area contributed by atoms with E-state index in [1.165, 1.54) is 24.3 Å². The first-order valence-electron chi connectivity index (χ1n) is 7.21. The number of hydrogen-bond donors (Lipinski definition) is 2. The Labute approximate surface area is 134 Å². The van der Waals surface area contributed by atoms with Crippen molar-refractivity contribution in [3.05, 3.63) is 39.9 Å². The van der Waals surface area contributed by atoms with Gasteiger partial charge in [-0.3, -0.25) is 14.9 Å². The number of non-ortho nitro benzene ring substituents is 1. The maximum atomic E-state index is 12.0. The Morgan fingerprint density at radius 3 is 2.43 bits per heavy atom. The number of aryl methyl sites for hydroxylation is 1. The third kappa shape index (κ3) is 6.74. The van der Waals surface area contributed by atoms with Crippen LogP contribution in [-0.4, -0.2) is 36.2 Å². The topological polar surface area (TPSA) is 127 Å². The molecule has 0 unspecified atom stereocenters. The number of benzene rings is 1. The number of rotatable bonds is 10. The van der Waals surface area contributed by atoms with Crippen molar-refractivity contribution in [2.75, 3.05) is 5.75 Å². The highest BCUT2D eigenvalue weighted by atomic mass is 32.2. The fraction of sp³-hybridized carbons (Fsp3) is 0.500.